The first-order valence-electron chi connectivity index (χ1n) is 20.1. The Morgan fingerprint density at radius 2 is 1.80 bits per heavy atom. The summed E-state index contributed by atoms with van der Waals surface area (Å²) in [7, 11) is 0. The lowest BCUT2D eigenvalue weighted by atomic mass is 9.90. The molecule has 4 heterocycles. The average Bonchev–Trinajstić information content (AvgIpc) is 3.76. The lowest BCUT2D eigenvalue weighted by molar-refractivity contribution is -0.147. The number of para-hydroxylation sites is 1. The number of nitrogens with zero attached hydrogens (tertiary/aromatic N) is 4. The minimum Gasteiger partial charge on any atom is -0.481 e. The first-order chi connectivity index (χ1) is 26.2. The molecular weight excluding hydrogens is 697 g/mol. The van der Waals surface area contributed by atoms with E-state index in [9.17, 15) is 19.5 Å². The molecule has 4 aliphatic rings. The number of hydrogen-bond acceptors (Lipinski definition) is 7. The standard InChI is InChI=1S/C44H52N4O5S/c1-28(2)48-36-21-13-20-34(40-45-35(27-54-40)30-16-11-12-17-30)39(36)46-43(48)53-33-23-37-38(49)25-44(42(51)52)24-32(44)19-10-5-3-4-9-18-31(41(50)47(37)26-33)22-29-14-7-6-8-15-29/h6-8,10,13-15,19-21,27-28,30-33,37H,3-5,9,11-12,16-18,22-26H2,1-2H3,(H,51,52)/b19-10-/t31-,32-,33-,37+,44-/m1/s1. The molecule has 1 saturated heterocycles. The summed E-state index contributed by atoms with van der Waals surface area (Å²) >= 11 is 1.67. The summed E-state index contributed by atoms with van der Waals surface area (Å²) in [4.78, 5) is 53.6. The van der Waals surface area contributed by atoms with Crippen LogP contribution in [0.5, 0.6) is 6.01 Å². The molecule has 0 radical (unpaired) electrons. The summed E-state index contributed by atoms with van der Waals surface area (Å²) in [6.45, 7) is 4.46. The van der Waals surface area contributed by atoms with Gasteiger partial charge in [0.15, 0.2) is 5.78 Å². The molecule has 284 valence electrons. The van der Waals surface area contributed by atoms with E-state index in [0.717, 1.165) is 59.3 Å². The molecule has 3 fully saturated rings. The molecule has 2 aromatic carbocycles. The van der Waals surface area contributed by atoms with Crippen molar-refractivity contribution in [3.8, 4) is 16.6 Å². The van der Waals surface area contributed by atoms with Crippen molar-refractivity contribution in [3.05, 3.63) is 77.3 Å². The summed E-state index contributed by atoms with van der Waals surface area (Å²) in [6, 6.07) is 16.0. The number of amides is 1. The zero-order chi connectivity index (χ0) is 37.4. The van der Waals surface area contributed by atoms with Crippen molar-refractivity contribution in [2.45, 2.75) is 121 Å². The Balaban J connectivity index is 1.11. The SMILES string of the molecule is CC(C)n1c(O[C@@H]2C[C@H]3C(=O)C[C@]4(C(=O)O)C[C@H]4/C=C\CCCCC[C@H](Cc4ccccc4)C(=O)N3C2)nc2c(-c3nc(C4CCCC4)cs3)cccc21. The van der Waals surface area contributed by atoms with E-state index >= 15 is 0 Å². The molecule has 10 heteroatoms. The smallest absolute Gasteiger partial charge is 0.310 e. The number of ether oxygens (including phenoxy) is 1. The molecule has 0 bridgehead atoms. The van der Waals surface area contributed by atoms with Gasteiger partial charge >= 0.3 is 5.97 Å². The Labute approximate surface area is 321 Å². The predicted molar refractivity (Wildman–Crippen MR) is 211 cm³/mol. The maximum atomic E-state index is 14.7. The number of benzene rings is 2. The fourth-order valence-corrected chi connectivity index (χ4v) is 10.3. The lowest BCUT2D eigenvalue weighted by Gasteiger charge is -2.29. The number of carboxylic acids is 1. The summed E-state index contributed by atoms with van der Waals surface area (Å²) < 4.78 is 8.89. The molecule has 54 heavy (non-hydrogen) atoms. The van der Waals surface area contributed by atoms with Crippen LogP contribution in [0, 0.1) is 17.3 Å². The van der Waals surface area contributed by atoms with Crippen molar-refractivity contribution >= 4 is 40.0 Å². The minimum atomic E-state index is -1.11. The van der Waals surface area contributed by atoms with Crippen LogP contribution < -0.4 is 4.74 Å². The van der Waals surface area contributed by atoms with Crippen molar-refractivity contribution in [3.63, 3.8) is 0 Å². The van der Waals surface area contributed by atoms with Crippen molar-refractivity contribution in [2.75, 3.05) is 6.54 Å². The first kappa shape index (κ1) is 36.7. The highest BCUT2D eigenvalue weighted by molar-refractivity contribution is 7.13. The molecule has 2 aromatic heterocycles. The molecule has 0 spiro atoms. The number of aromatic nitrogens is 3. The number of carboxylic acid groups (broad SMARTS) is 1. The second-order valence-corrected chi connectivity index (χ2v) is 17.3. The average molecular weight is 749 g/mol. The number of hydrogen-bond donors (Lipinski definition) is 1. The first-order valence-corrected chi connectivity index (χ1v) is 21.0. The molecule has 1 N–H and O–H groups in total. The molecule has 2 aliphatic heterocycles. The van der Waals surface area contributed by atoms with E-state index in [4.69, 9.17) is 14.7 Å². The van der Waals surface area contributed by atoms with Gasteiger partial charge in [-0.1, -0.05) is 74.2 Å². The number of thiazole rings is 1. The number of allylic oxidation sites excluding steroid dienone is 2. The van der Waals surface area contributed by atoms with Crippen LogP contribution in [0.2, 0.25) is 0 Å². The van der Waals surface area contributed by atoms with E-state index in [1.165, 1.54) is 31.4 Å². The van der Waals surface area contributed by atoms with E-state index in [0.29, 0.717) is 31.2 Å². The number of fused-ring (bicyclic) bond motifs is 3. The molecule has 9 nitrogen and oxygen atoms in total. The monoisotopic (exact) mass is 748 g/mol. The summed E-state index contributed by atoms with van der Waals surface area (Å²) in [5.74, 6) is -1.10. The number of carbonyl (C=O) groups is 3. The zero-order valence-electron chi connectivity index (χ0n) is 31.5. The molecule has 2 aliphatic carbocycles. The minimum absolute atomic E-state index is 0.0336. The number of imidazole rings is 1. The Morgan fingerprint density at radius 1 is 1.00 bits per heavy atom. The molecule has 1 amide bonds. The summed E-state index contributed by atoms with van der Waals surface area (Å²) in [6.07, 6.45) is 14.3. The maximum Gasteiger partial charge on any atom is 0.310 e. The molecule has 2 saturated carbocycles. The second-order valence-electron chi connectivity index (χ2n) is 16.4. The third kappa shape index (κ3) is 7.26. The third-order valence-electron chi connectivity index (χ3n) is 12.4. The van der Waals surface area contributed by atoms with Gasteiger partial charge in [-0.15, -0.1) is 11.3 Å². The van der Waals surface area contributed by atoms with Gasteiger partial charge in [0.25, 0.3) is 6.01 Å². The van der Waals surface area contributed by atoms with Gasteiger partial charge in [-0.3, -0.25) is 19.0 Å². The Hall–Kier alpha value is -4.31. The highest BCUT2D eigenvalue weighted by Gasteiger charge is 2.61. The van der Waals surface area contributed by atoms with Crippen molar-refractivity contribution in [2.24, 2.45) is 17.3 Å². The normalized spacial score (nSPS) is 27.4. The van der Waals surface area contributed by atoms with Gasteiger partial charge in [0.2, 0.25) is 5.91 Å². The van der Waals surface area contributed by atoms with E-state index in [-0.39, 0.29) is 42.5 Å². The van der Waals surface area contributed by atoms with Crippen molar-refractivity contribution in [1.29, 1.82) is 0 Å². The topological polar surface area (TPSA) is 115 Å². The van der Waals surface area contributed by atoms with E-state index < -0.39 is 23.5 Å². The van der Waals surface area contributed by atoms with E-state index in [1.807, 2.05) is 30.3 Å². The quantitative estimate of drug-likeness (QED) is 0.179. The number of ketones is 1. The van der Waals surface area contributed by atoms with E-state index in [1.54, 1.807) is 16.2 Å². The second kappa shape index (κ2) is 15.4. The lowest BCUT2D eigenvalue weighted by Crippen LogP contribution is -2.45. The fraction of sp³-hybridized carbons (Fsp3) is 0.523. The van der Waals surface area contributed by atoms with Crippen LogP contribution in [0.25, 0.3) is 21.6 Å². The highest BCUT2D eigenvalue weighted by Crippen LogP contribution is 2.57. The molecule has 8 rings (SSSR count). The number of Topliss-reactive ketones (excluding diaryl/α,β-unsaturated/α-hetero) is 1. The summed E-state index contributed by atoms with van der Waals surface area (Å²) in [5, 5.41) is 13.5. The van der Waals surface area contributed by atoms with Gasteiger partial charge in [0.05, 0.1) is 29.2 Å². The number of carbonyl (C=O) groups excluding carboxylic acids is 2. The van der Waals surface area contributed by atoms with Crippen LogP contribution in [0.3, 0.4) is 0 Å². The van der Waals surface area contributed by atoms with Crippen molar-refractivity contribution < 1.29 is 24.2 Å². The van der Waals surface area contributed by atoms with Crippen LogP contribution in [0.15, 0.2) is 66.1 Å². The molecule has 0 unspecified atom stereocenters. The molecular formula is C44H52N4O5S. The highest BCUT2D eigenvalue weighted by atomic mass is 32.1. The Kier molecular flexibility index (Phi) is 10.5. The van der Waals surface area contributed by atoms with Gasteiger partial charge in [-0.2, -0.15) is 4.98 Å². The number of rotatable bonds is 8. The fourth-order valence-electron chi connectivity index (χ4n) is 9.33. The van der Waals surface area contributed by atoms with Gasteiger partial charge in [-0.05, 0) is 82.4 Å². The van der Waals surface area contributed by atoms with Crippen molar-refractivity contribution in [1.82, 2.24) is 19.4 Å². The predicted octanol–water partition coefficient (Wildman–Crippen LogP) is 9.18. The van der Waals surface area contributed by atoms with E-state index in [2.05, 4.69) is 54.1 Å². The molecule has 5 atom stereocenters. The van der Waals surface area contributed by atoms with Gasteiger partial charge in [0, 0.05) is 41.7 Å². The van der Waals surface area contributed by atoms with Crippen LogP contribution in [0.1, 0.15) is 114 Å². The van der Waals surface area contributed by atoms with Crippen LogP contribution >= 0.6 is 11.3 Å². The third-order valence-corrected chi connectivity index (χ3v) is 13.3. The van der Waals surface area contributed by atoms with Gasteiger partial charge in [-0.25, -0.2) is 4.98 Å². The summed E-state index contributed by atoms with van der Waals surface area (Å²) in [5.41, 5.74) is 3.92. The largest absolute Gasteiger partial charge is 0.481 e. The van der Waals surface area contributed by atoms with Gasteiger partial charge < -0.3 is 14.7 Å². The Bertz CT molecular complexity index is 2030. The van der Waals surface area contributed by atoms with Crippen LogP contribution in [-0.2, 0) is 20.8 Å². The number of aliphatic carboxylic acids is 1. The van der Waals surface area contributed by atoms with Crippen LogP contribution in [-0.4, -0.2) is 60.9 Å². The Morgan fingerprint density at radius 3 is 2.57 bits per heavy atom. The zero-order valence-corrected chi connectivity index (χ0v) is 32.3. The van der Waals surface area contributed by atoms with Gasteiger partial charge in [0.1, 0.15) is 16.6 Å². The maximum absolute atomic E-state index is 14.7. The van der Waals surface area contributed by atoms with Crippen LogP contribution in [0.4, 0.5) is 0 Å². The molecule has 4 aromatic rings.